The Morgan fingerprint density at radius 1 is 1.17 bits per heavy atom. The van der Waals surface area contributed by atoms with E-state index in [0.717, 1.165) is 61.7 Å². The number of methoxy groups -OCH3 is 1. The smallest absolute Gasteiger partial charge is 0.255 e. The van der Waals surface area contributed by atoms with Crippen LogP contribution in [0.3, 0.4) is 0 Å². The highest BCUT2D eigenvalue weighted by Crippen LogP contribution is 2.43. The van der Waals surface area contributed by atoms with E-state index in [1.165, 1.54) is 13.2 Å². The summed E-state index contributed by atoms with van der Waals surface area (Å²) in [5.41, 5.74) is 5.13. The van der Waals surface area contributed by atoms with Gasteiger partial charge in [-0.2, -0.15) is 0 Å². The Labute approximate surface area is 203 Å². The Kier molecular flexibility index (Phi) is 5.56. The Morgan fingerprint density at radius 2 is 2.03 bits per heavy atom. The van der Waals surface area contributed by atoms with E-state index in [2.05, 4.69) is 30.8 Å². The number of halogens is 1. The molecule has 0 saturated carbocycles. The van der Waals surface area contributed by atoms with Gasteiger partial charge in [0.15, 0.2) is 11.6 Å². The molecule has 182 valence electrons. The van der Waals surface area contributed by atoms with Gasteiger partial charge in [-0.25, -0.2) is 4.39 Å². The van der Waals surface area contributed by atoms with E-state index in [4.69, 9.17) is 4.74 Å². The molecule has 4 aliphatic heterocycles. The topological polar surface area (TPSA) is 94.3 Å². The fraction of sp³-hybridized carbons (Fsp3) is 0.385. The zero-order valence-corrected chi connectivity index (χ0v) is 19.7. The largest absolute Gasteiger partial charge is 0.492 e. The lowest BCUT2D eigenvalue weighted by molar-refractivity contribution is 0.0932. The molecule has 3 aromatic rings. The molecule has 6 heterocycles. The van der Waals surface area contributed by atoms with Gasteiger partial charge >= 0.3 is 0 Å². The van der Waals surface area contributed by atoms with Crippen LogP contribution in [0, 0.1) is 11.7 Å². The summed E-state index contributed by atoms with van der Waals surface area (Å²) in [4.78, 5) is 23.7. The number of rotatable bonds is 3. The molecule has 2 aromatic heterocycles. The Balaban J connectivity index is 1.55. The average Bonchev–Trinajstić information content (AvgIpc) is 3.26. The number of benzene rings is 1. The summed E-state index contributed by atoms with van der Waals surface area (Å²) in [6, 6.07) is 6.67. The number of carbonyl (C=O) groups excluding carboxylic acids is 1. The zero-order valence-electron chi connectivity index (χ0n) is 19.7. The minimum absolute atomic E-state index is 0.104. The van der Waals surface area contributed by atoms with Crippen molar-refractivity contribution in [2.24, 2.45) is 5.92 Å². The summed E-state index contributed by atoms with van der Waals surface area (Å²) in [7, 11) is 1.44. The van der Waals surface area contributed by atoms with E-state index >= 15 is 0 Å². The number of H-pyrrole nitrogens is 1. The third-order valence-corrected chi connectivity index (χ3v) is 7.46. The molecule has 9 heteroatoms. The Hall–Kier alpha value is -3.59. The molecule has 1 fully saturated rings. The van der Waals surface area contributed by atoms with E-state index in [9.17, 15) is 9.18 Å². The molecule has 4 bridgehead atoms. The van der Waals surface area contributed by atoms with Crippen LogP contribution in [0.2, 0.25) is 0 Å². The van der Waals surface area contributed by atoms with E-state index in [1.807, 2.05) is 12.3 Å². The number of fused-ring (bicyclic) bond motifs is 3. The molecule has 0 aliphatic carbocycles. The van der Waals surface area contributed by atoms with Crippen LogP contribution in [-0.4, -0.2) is 60.6 Å². The van der Waals surface area contributed by atoms with Gasteiger partial charge in [0.25, 0.3) is 5.91 Å². The summed E-state index contributed by atoms with van der Waals surface area (Å²) in [5.74, 6) is 0.220. The van der Waals surface area contributed by atoms with Gasteiger partial charge in [0.2, 0.25) is 0 Å². The molecular weight excluding hydrogens is 447 g/mol. The van der Waals surface area contributed by atoms with Crippen molar-refractivity contribution in [1.29, 1.82) is 0 Å². The zero-order chi connectivity index (χ0) is 23.9. The number of nitrogens with zero attached hydrogens (tertiary/aromatic N) is 2. The maximum absolute atomic E-state index is 14.5. The molecule has 4 aliphatic rings. The molecule has 0 radical (unpaired) electrons. The number of para-hydroxylation sites is 1. The van der Waals surface area contributed by atoms with Crippen LogP contribution in [0.15, 0.2) is 36.7 Å². The van der Waals surface area contributed by atoms with Crippen molar-refractivity contribution in [1.82, 2.24) is 20.2 Å². The van der Waals surface area contributed by atoms with Gasteiger partial charge in [-0.3, -0.25) is 9.78 Å². The molecule has 4 N–H and O–H groups in total. The third kappa shape index (κ3) is 3.89. The first-order chi connectivity index (χ1) is 17.1. The van der Waals surface area contributed by atoms with Crippen molar-refractivity contribution in [3.05, 3.63) is 53.7 Å². The van der Waals surface area contributed by atoms with Crippen molar-refractivity contribution < 1.29 is 13.9 Å². The molecule has 1 aromatic carbocycles. The number of carbonyl (C=O) groups is 1. The fourth-order valence-electron chi connectivity index (χ4n) is 5.59. The number of piperidine rings is 1. The van der Waals surface area contributed by atoms with Gasteiger partial charge in [0.05, 0.1) is 41.6 Å². The van der Waals surface area contributed by atoms with Gasteiger partial charge in [-0.1, -0.05) is 6.07 Å². The Bertz CT molecular complexity index is 1270. The summed E-state index contributed by atoms with van der Waals surface area (Å²) < 4.78 is 19.8. The fourth-order valence-corrected chi connectivity index (χ4v) is 5.59. The SMILES string of the molecule is COc1c(F)cccc1Nc1c2[nH]c3c1C(=O)NC[C@@H]3CN1CCC(CC1)CNc1cnccc1-2. The standard InChI is InChI=1S/C26H29FN6O2/c1-35-25-18(27)3-2-4-19(25)31-24-21-22-16(12-30-26(21)34)14-33-9-6-15(7-10-33)11-29-20-13-28-8-5-17(20)23(24)32-22/h2-5,8,13,15-16,29,31-32H,6-7,9-12,14H2,1H3,(H,30,34)/t16-/m1/s1. The van der Waals surface area contributed by atoms with Crippen molar-refractivity contribution in [2.75, 3.05) is 50.5 Å². The molecule has 35 heavy (non-hydrogen) atoms. The van der Waals surface area contributed by atoms with Crippen LogP contribution in [0.4, 0.5) is 21.5 Å². The number of pyridine rings is 1. The van der Waals surface area contributed by atoms with Gasteiger partial charge in [-0.15, -0.1) is 0 Å². The lowest BCUT2D eigenvalue weighted by Gasteiger charge is -2.35. The van der Waals surface area contributed by atoms with E-state index in [1.54, 1.807) is 18.3 Å². The molecule has 0 spiro atoms. The van der Waals surface area contributed by atoms with Gasteiger partial charge in [0, 0.05) is 43.0 Å². The second-order valence-corrected chi connectivity index (χ2v) is 9.56. The first-order valence-corrected chi connectivity index (χ1v) is 12.2. The number of hydrogen-bond donors (Lipinski definition) is 4. The molecule has 1 saturated heterocycles. The van der Waals surface area contributed by atoms with Crippen molar-refractivity contribution in [3.63, 3.8) is 0 Å². The van der Waals surface area contributed by atoms with E-state index in [-0.39, 0.29) is 17.6 Å². The first-order valence-electron chi connectivity index (χ1n) is 12.2. The summed E-state index contributed by atoms with van der Waals surface area (Å²) >= 11 is 0. The molecule has 1 atom stereocenters. The quantitative estimate of drug-likeness (QED) is 0.458. The Morgan fingerprint density at radius 3 is 2.86 bits per heavy atom. The molecule has 8 nitrogen and oxygen atoms in total. The summed E-state index contributed by atoms with van der Waals surface area (Å²) in [6.45, 7) is 4.42. The normalized spacial score (nSPS) is 23.1. The first kappa shape index (κ1) is 21.9. The van der Waals surface area contributed by atoms with Crippen LogP contribution in [-0.2, 0) is 0 Å². The van der Waals surface area contributed by atoms with Gasteiger partial charge < -0.3 is 30.6 Å². The number of nitrogens with one attached hydrogen (secondary N) is 4. The van der Waals surface area contributed by atoms with Crippen LogP contribution in [0.5, 0.6) is 5.75 Å². The van der Waals surface area contributed by atoms with Crippen LogP contribution < -0.4 is 20.7 Å². The van der Waals surface area contributed by atoms with Gasteiger partial charge in [0.1, 0.15) is 0 Å². The maximum atomic E-state index is 14.5. The monoisotopic (exact) mass is 476 g/mol. The molecular formula is C26H29FN6O2. The predicted octanol–water partition coefficient (Wildman–Crippen LogP) is 3.93. The van der Waals surface area contributed by atoms with Gasteiger partial charge in [-0.05, 0) is 50.0 Å². The number of amides is 1. The van der Waals surface area contributed by atoms with Crippen LogP contribution in [0.25, 0.3) is 11.3 Å². The molecule has 1 amide bonds. The van der Waals surface area contributed by atoms with Crippen LogP contribution in [0.1, 0.15) is 34.8 Å². The number of hydrogen-bond acceptors (Lipinski definition) is 6. The highest BCUT2D eigenvalue weighted by atomic mass is 19.1. The molecule has 0 unspecified atom stereocenters. The number of aromatic nitrogens is 2. The van der Waals surface area contributed by atoms with E-state index in [0.29, 0.717) is 29.4 Å². The minimum Gasteiger partial charge on any atom is -0.492 e. The molecule has 7 rings (SSSR count). The lowest BCUT2D eigenvalue weighted by atomic mass is 9.92. The highest BCUT2D eigenvalue weighted by Gasteiger charge is 2.35. The average molecular weight is 477 g/mol. The van der Waals surface area contributed by atoms with Crippen LogP contribution >= 0.6 is 0 Å². The van der Waals surface area contributed by atoms with Crippen molar-refractivity contribution >= 4 is 23.0 Å². The third-order valence-electron chi connectivity index (χ3n) is 7.46. The van der Waals surface area contributed by atoms with Crippen molar-refractivity contribution in [2.45, 2.75) is 18.8 Å². The minimum atomic E-state index is -0.469. The number of ether oxygens (including phenoxy) is 1. The number of anilines is 3. The maximum Gasteiger partial charge on any atom is 0.255 e. The summed E-state index contributed by atoms with van der Waals surface area (Å²) in [6.07, 6.45) is 5.87. The summed E-state index contributed by atoms with van der Waals surface area (Å²) in [5, 5.41) is 10.0. The highest BCUT2D eigenvalue weighted by molar-refractivity contribution is 6.07. The second kappa shape index (κ2) is 8.88. The lowest BCUT2D eigenvalue weighted by Crippen LogP contribution is -2.43. The number of aromatic amines is 1. The van der Waals surface area contributed by atoms with E-state index < -0.39 is 5.82 Å². The predicted molar refractivity (Wildman–Crippen MR) is 133 cm³/mol. The van der Waals surface area contributed by atoms with Crippen molar-refractivity contribution in [3.8, 4) is 17.0 Å². The second-order valence-electron chi connectivity index (χ2n) is 9.56.